The van der Waals surface area contributed by atoms with Crippen LogP contribution in [0.25, 0.3) is 0 Å². The molecule has 0 spiro atoms. The molecule has 8 heteroatoms. The van der Waals surface area contributed by atoms with Crippen molar-refractivity contribution in [2.45, 2.75) is 36.6 Å². The molecule has 0 aliphatic rings. The molecule has 3 rings (SSSR count). The quantitative estimate of drug-likeness (QED) is 0.292. The topological polar surface area (TPSA) is 75.1 Å². The molecule has 2 N–H and O–H groups in total. The smallest absolute Gasteiger partial charge is 0.337 e. The van der Waals surface area contributed by atoms with Gasteiger partial charge in [0.25, 0.3) is 0 Å². The molecule has 0 aliphatic heterocycles. The molecule has 0 saturated heterocycles. The van der Waals surface area contributed by atoms with E-state index >= 15 is 0 Å². The highest BCUT2D eigenvalue weighted by Gasteiger charge is 2.13. The Morgan fingerprint density at radius 3 is 2.53 bits per heavy atom. The van der Waals surface area contributed by atoms with Crippen LogP contribution in [-0.2, 0) is 5.75 Å². The van der Waals surface area contributed by atoms with Crippen LogP contribution in [0.4, 0.5) is 11.5 Å². The van der Waals surface area contributed by atoms with Gasteiger partial charge in [-0.3, -0.25) is 0 Å². The minimum atomic E-state index is -0.991. The molecule has 0 amide bonds. The van der Waals surface area contributed by atoms with Crippen LogP contribution < -0.4 is 5.32 Å². The van der Waals surface area contributed by atoms with Crippen LogP contribution in [-0.4, -0.2) is 27.3 Å². The van der Waals surface area contributed by atoms with Crippen molar-refractivity contribution in [1.82, 2.24) is 9.97 Å². The number of aromatic carboxylic acids is 1. The van der Waals surface area contributed by atoms with Gasteiger partial charge in [0, 0.05) is 27.4 Å². The number of halogens is 1. The van der Waals surface area contributed by atoms with E-state index < -0.39 is 5.97 Å². The van der Waals surface area contributed by atoms with E-state index in [2.05, 4.69) is 15.3 Å². The first kappa shape index (κ1) is 24.1. The standard InChI is InChI=1S/C20H18ClN3O2S2.C2H6/c1-12-9-18(23-17-10-14(27-2)7-8-15(17)19(25)26)24-20(22-12)28-11-13-5-3-4-6-16(13)21;1-2/h3-10H,11H2,1-2H3,(H,25,26)(H,22,23,24);1-2H3. The van der Waals surface area contributed by atoms with Crippen LogP contribution >= 0.6 is 35.1 Å². The van der Waals surface area contributed by atoms with Gasteiger partial charge in [-0.1, -0.05) is 55.4 Å². The molecule has 0 atom stereocenters. The second-order valence-corrected chi connectivity index (χ2v) is 8.13. The number of hydrogen-bond acceptors (Lipinski definition) is 6. The van der Waals surface area contributed by atoms with Gasteiger partial charge >= 0.3 is 5.97 Å². The molecular formula is C22H24ClN3O2S2. The van der Waals surface area contributed by atoms with Crippen LogP contribution in [0.3, 0.4) is 0 Å². The van der Waals surface area contributed by atoms with E-state index in [-0.39, 0.29) is 5.56 Å². The molecule has 1 aromatic heterocycles. The molecule has 0 aliphatic carbocycles. The first-order chi connectivity index (χ1) is 14.5. The van der Waals surface area contributed by atoms with Crippen LogP contribution in [0.15, 0.2) is 58.6 Å². The lowest BCUT2D eigenvalue weighted by Gasteiger charge is -2.12. The fourth-order valence-electron chi connectivity index (χ4n) is 2.51. The largest absolute Gasteiger partial charge is 0.478 e. The highest BCUT2D eigenvalue weighted by Crippen LogP contribution is 2.28. The van der Waals surface area contributed by atoms with E-state index in [1.165, 1.54) is 11.8 Å². The lowest BCUT2D eigenvalue weighted by molar-refractivity contribution is 0.0698. The number of hydrogen-bond donors (Lipinski definition) is 2. The molecule has 0 bridgehead atoms. The van der Waals surface area contributed by atoms with E-state index in [0.29, 0.717) is 27.4 Å². The zero-order valence-corrected chi connectivity index (χ0v) is 19.7. The maximum Gasteiger partial charge on any atom is 0.337 e. The van der Waals surface area contributed by atoms with Crippen molar-refractivity contribution in [3.8, 4) is 0 Å². The van der Waals surface area contributed by atoms with Gasteiger partial charge in [0.05, 0.1) is 11.3 Å². The maximum absolute atomic E-state index is 11.5. The van der Waals surface area contributed by atoms with Crippen LogP contribution in [0, 0.1) is 6.92 Å². The Hall–Kier alpha value is -2.22. The Labute approximate surface area is 190 Å². The van der Waals surface area contributed by atoms with Gasteiger partial charge in [0.1, 0.15) is 5.82 Å². The summed E-state index contributed by atoms with van der Waals surface area (Å²) >= 11 is 9.23. The van der Waals surface area contributed by atoms with Gasteiger partial charge < -0.3 is 10.4 Å². The molecule has 0 fully saturated rings. The first-order valence-electron chi connectivity index (χ1n) is 9.36. The number of thioether (sulfide) groups is 2. The van der Waals surface area contributed by atoms with Crippen molar-refractivity contribution in [2.75, 3.05) is 11.6 Å². The van der Waals surface area contributed by atoms with E-state index in [1.54, 1.807) is 30.0 Å². The Morgan fingerprint density at radius 1 is 1.13 bits per heavy atom. The second kappa shape index (κ2) is 11.8. The molecule has 0 unspecified atom stereocenters. The average Bonchev–Trinajstić information content (AvgIpc) is 2.74. The normalized spacial score (nSPS) is 10.2. The zero-order valence-electron chi connectivity index (χ0n) is 17.3. The third kappa shape index (κ3) is 6.65. The third-order valence-corrected chi connectivity index (χ3v) is 5.86. The van der Waals surface area contributed by atoms with Crippen molar-refractivity contribution >= 4 is 52.6 Å². The number of aryl methyl sites for hydroxylation is 1. The first-order valence-corrected chi connectivity index (χ1v) is 12.0. The molecule has 30 heavy (non-hydrogen) atoms. The summed E-state index contributed by atoms with van der Waals surface area (Å²) in [5.41, 5.74) is 2.49. The minimum Gasteiger partial charge on any atom is -0.478 e. The summed E-state index contributed by atoms with van der Waals surface area (Å²) in [6.07, 6.45) is 1.94. The van der Waals surface area contributed by atoms with Crippen LogP contribution in [0.2, 0.25) is 5.02 Å². The highest BCUT2D eigenvalue weighted by atomic mass is 35.5. The number of carboxylic acid groups (broad SMARTS) is 1. The van der Waals surface area contributed by atoms with Crippen molar-refractivity contribution in [2.24, 2.45) is 0 Å². The number of nitrogens with zero attached hydrogens (tertiary/aromatic N) is 2. The second-order valence-electron chi connectivity index (χ2n) is 5.90. The number of carbonyl (C=O) groups is 1. The molecule has 0 radical (unpaired) electrons. The van der Waals surface area contributed by atoms with Gasteiger partial charge in [-0.25, -0.2) is 14.8 Å². The molecule has 2 aromatic carbocycles. The Morgan fingerprint density at radius 2 is 1.87 bits per heavy atom. The molecule has 1 heterocycles. The highest BCUT2D eigenvalue weighted by molar-refractivity contribution is 7.98. The van der Waals surface area contributed by atoms with E-state index in [0.717, 1.165) is 16.2 Å². The van der Waals surface area contributed by atoms with Gasteiger partial charge in [0.2, 0.25) is 0 Å². The summed E-state index contributed by atoms with van der Waals surface area (Å²) in [6, 6.07) is 14.6. The van der Waals surface area contributed by atoms with E-state index in [1.807, 2.05) is 57.4 Å². The molecule has 5 nitrogen and oxygen atoms in total. The Balaban J connectivity index is 0.00000155. The number of rotatable bonds is 7. The van der Waals surface area contributed by atoms with Crippen molar-refractivity contribution < 1.29 is 9.90 Å². The minimum absolute atomic E-state index is 0.194. The lowest BCUT2D eigenvalue weighted by atomic mass is 10.2. The zero-order chi connectivity index (χ0) is 22.1. The summed E-state index contributed by atoms with van der Waals surface area (Å²) in [4.78, 5) is 21.5. The molecule has 3 aromatic rings. The Bertz CT molecular complexity index is 1020. The van der Waals surface area contributed by atoms with Gasteiger partial charge in [0.15, 0.2) is 5.16 Å². The number of nitrogens with one attached hydrogen (secondary N) is 1. The SMILES string of the molecule is CC.CSc1ccc(C(=O)O)c(Nc2cc(C)nc(SCc3ccccc3Cl)n2)c1. The maximum atomic E-state index is 11.5. The van der Waals surface area contributed by atoms with E-state index in [9.17, 15) is 9.90 Å². The van der Waals surface area contributed by atoms with Crippen molar-refractivity contribution in [1.29, 1.82) is 0 Å². The van der Waals surface area contributed by atoms with Crippen LogP contribution in [0.1, 0.15) is 35.5 Å². The summed E-state index contributed by atoms with van der Waals surface area (Å²) in [5, 5.41) is 13.9. The number of benzene rings is 2. The van der Waals surface area contributed by atoms with Crippen molar-refractivity contribution in [3.63, 3.8) is 0 Å². The number of aromatic nitrogens is 2. The van der Waals surface area contributed by atoms with E-state index in [4.69, 9.17) is 11.6 Å². The van der Waals surface area contributed by atoms with Crippen LogP contribution in [0.5, 0.6) is 0 Å². The molecule has 158 valence electrons. The lowest BCUT2D eigenvalue weighted by Crippen LogP contribution is -2.05. The fourth-order valence-corrected chi connectivity index (χ4v) is 4.14. The Kier molecular flexibility index (Phi) is 9.49. The fraction of sp³-hybridized carbons (Fsp3) is 0.227. The number of anilines is 2. The average molecular weight is 462 g/mol. The summed E-state index contributed by atoms with van der Waals surface area (Å²) in [5.74, 6) is 0.203. The van der Waals surface area contributed by atoms with Crippen molar-refractivity contribution in [3.05, 3.63) is 70.4 Å². The van der Waals surface area contributed by atoms with Gasteiger partial charge in [-0.15, -0.1) is 11.8 Å². The van der Waals surface area contributed by atoms with Gasteiger partial charge in [-0.2, -0.15) is 0 Å². The summed E-state index contributed by atoms with van der Waals surface area (Å²) < 4.78 is 0. The number of carboxylic acids is 1. The summed E-state index contributed by atoms with van der Waals surface area (Å²) in [7, 11) is 0. The summed E-state index contributed by atoms with van der Waals surface area (Å²) in [6.45, 7) is 5.88. The predicted molar refractivity (Wildman–Crippen MR) is 128 cm³/mol. The monoisotopic (exact) mass is 461 g/mol. The van der Waals surface area contributed by atoms with Gasteiger partial charge in [-0.05, 0) is 43.0 Å². The predicted octanol–water partition coefficient (Wildman–Crippen LogP) is 6.92. The molecular weight excluding hydrogens is 438 g/mol. The third-order valence-electron chi connectivity index (χ3n) is 3.87. The molecule has 0 saturated carbocycles.